The van der Waals surface area contributed by atoms with Crippen LogP contribution < -0.4 is 24.3 Å². The van der Waals surface area contributed by atoms with E-state index in [1.807, 2.05) is 30.3 Å². The Morgan fingerprint density at radius 1 is 1.12 bits per heavy atom. The average molecular weight is 408 g/mol. The molecule has 2 aromatic rings. The van der Waals surface area contributed by atoms with Gasteiger partial charge in [-0.25, -0.2) is 0 Å². The molecule has 0 saturated heterocycles. The van der Waals surface area contributed by atoms with E-state index in [4.69, 9.17) is 18.9 Å². The van der Waals surface area contributed by atoms with Crippen molar-refractivity contribution >= 4 is 21.6 Å². The molecule has 1 heterocycles. The molecule has 0 radical (unpaired) electrons. The van der Waals surface area contributed by atoms with Crippen LogP contribution in [-0.2, 0) is 6.54 Å². The third-order valence-electron chi connectivity index (χ3n) is 3.79. The second kappa shape index (κ2) is 8.34. The molecule has 0 bridgehead atoms. The van der Waals surface area contributed by atoms with E-state index in [0.717, 1.165) is 45.1 Å². The molecule has 25 heavy (non-hydrogen) atoms. The number of fused-ring (bicyclic) bond motifs is 1. The molecule has 2 aromatic carbocycles. The van der Waals surface area contributed by atoms with Gasteiger partial charge in [-0.3, -0.25) is 0 Å². The Kier molecular flexibility index (Phi) is 5.91. The zero-order valence-corrected chi connectivity index (χ0v) is 16.0. The lowest BCUT2D eigenvalue weighted by Crippen LogP contribution is -2.15. The SMILES string of the molecule is CCCOc1c(CNc2ccc3c(c2)OCCO3)cc(Br)cc1OC. The van der Waals surface area contributed by atoms with Gasteiger partial charge in [0.2, 0.25) is 0 Å². The summed E-state index contributed by atoms with van der Waals surface area (Å²) in [6.07, 6.45) is 0.939. The number of hydrogen-bond donors (Lipinski definition) is 1. The number of rotatable bonds is 7. The molecule has 0 fully saturated rings. The highest BCUT2D eigenvalue weighted by atomic mass is 79.9. The van der Waals surface area contributed by atoms with Crippen molar-refractivity contribution in [3.8, 4) is 23.0 Å². The van der Waals surface area contributed by atoms with Gasteiger partial charge in [0.05, 0.1) is 13.7 Å². The van der Waals surface area contributed by atoms with Crippen molar-refractivity contribution in [1.82, 2.24) is 0 Å². The summed E-state index contributed by atoms with van der Waals surface area (Å²) in [6.45, 7) is 4.51. The summed E-state index contributed by atoms with van der Waals surface area (Å²) in [6, 6.07) is 9.81. The number of nitrogens with one attached hydrogen (secondary N) is 1. The van der Waals surface area contributed by atoms with Crippen LogP contribution in [0.2, 0.25) is 0 Å². The van der Waals surface area contributed by atoms with Gasteiger partial charge in [0, 0.05) is 28.3 Å². The second-order valence-electron chi connectivity index (χ2n) is 5.66. The first-order valence-electron chi connectivity index (χ1n) is 8.34. The van der Waals surface area contributed by atoms with Crippen LogP contribution in [0.15, 0.2) is 34.8 Å². The lowest BCUT2D eigenvalue weighted by atomic mass is 10.1. The Labute approximate surface area is 156 Å². The maximum absolute atomic E-state index is 5.91. The largest absolute Gasteiger partial charge is 0.493 e. The van der Waals surface area contributed by atoms with Crippen molar-refractivity contribution in [2.75, 3.05) is 32.2 Å². The van der Waals surface area contributed by atoms with E-state index in [9.17, 15) is 0 Å². The fourth-order valence-corrected chi connectivity index (χ4v) is 3.11. The standard InChI is InChI=1S/C19H22BrNO4/c1-3-6-25-19-13(9-14(20)10-18(19)22-2)12-21-15-4-5-16-17(11-15)24-8-7-23-16/h4-5,9-11,21H,3,6-8,12H2,1-2H3. The lowest BCUT2D eigenvalue weighted by molar-refractivity contribution is 0.171. The van der Waals surface area contributed by atoms with Gasteiger partial charge < -0.3 is 24.3 Å². The van der Waals surface area contributed by atoms with Gasteiger partial charge >= 0.3 is 0 Å². The highest BCUT2D eigenvalue weighted by Crippen LogP contribution is 2.36. The predicted molar refractivity (Wildman–Crippen MR) is 101 cm³/mol. The van der Waals surface area contributed by atoms with Crippen LogP contribution in [-0.4, -0.2) is 26.9 Å². The summed E-state index contributed by atoms with van der Waals surface area (Å²) >= 11 is 3.53. The van der Waals surface area contributed by atoms with Crippen LogP contribution in [0.25, 0.3) is 0 Å². The zero-order chi connectivity index (χ0) is 17.6. The van der Waals surface area contributed by atoms with Gasteiger partial charge in [-0.05, 0) is 30.7 Å². The smallest absolute Gasteiger partial charge is 0.166 e. The minimum Gasteiger partial charge on any atom is -0.493 e. The van der Waals surface area contributed by atoms with Crippen molar-refractivity contribution in [1.29, 1.82) is 0 Å². The summed E-state index contributed by atoms with van der Waals surface area (Å²) < 4.78 is 23.5. The minimum absolute atomic E-state index is 0.578. The van der Waals surface area contributed by atoms with E-state index < -0.39 is 0 Å². The van der Waals surface area contributed by atoms with Crippen molar-refractivity contribution in [2.45, 2.75) is 19.9 Å². The molecule has 0 aliphatic carbocycles. The Hall–Kier alpha value is -2.08. The highest BCUT2D eigenvalue weighted by molar-refractivity contribution is 9.10. The molecule has 5 nitrogen and oxygen atoms in total. The van der Waals surface area contributed by atoms with Crippen LogP contribution in [0.5, 0.6) is 23.0 Å². The molecular formula is C19H22BrNO4. The van der Waals surface area contributed by atoms with Gasteiger partial charge in [-0.15, -0.1) is 0 Å². The summed E-state index contributed by atoms with van der Waals surface area (Å²) in [7, 11) is 1.65. The molecule has 1 aliphatic rings. The molecule has 134 valence electrons. The number of hydrogen-bond acceptors (Lipinski definition) is 5. The van der Waals surface area contributed by atoms with Crippen LogP contribution >= 0.6 is 15.9 Å². The summed E-state index contributed by atoms with van der Waals surface area (Å²) in [5.41, 5.74) is 1.99. The minimum atomic E-state index is 0.578. The van der Waals surface area contributed by atoms with E-state index in [2.05, 4.69) is 28.2 Å². The number of benzene rings is 2. The summed E-state index contributed by atoms with van der Waals surface area (Å²) in [5, 5.41) is 3.41. The van der Waals surface area contributed by atoms with Crippen molar-refractivity contribution in [3.05, 3.63) is 40.4 Å². The van der Waals surface area contributed by atoms with E-state index in [1.54, 1.807) is 7.11 Å². The van der Waals surface area contributed by atoms with E-state index in [0.29, 0.717) is 26.4 Å². The van der Waals surface area contributed by atoms with Gasteiger partial charge in [-0.2, -0.15) is 0 Å². The molecule has 0 aromatic heterocycles. The summed E-state index contributed by atoms with van der Waals surface area (Å²) in [4.78, 5) is 0. The normalized spacial score (nSPS) is 12.6. The Morgan fingerprint density at radius 2 is 1.92 bits per heavy atom. The van der Waals surface area contributed by atoms with Crippen LogP contribution in [0.4, 0.5) is 5.69 Å². The monoisotopic (exact) mass is 407 g/mol. The fraction of sp³-hybridized carbons (Fsp3) is 0.368. The molecule has 0 amide bonds. The molecule has 1 aliphatic heterocycles. The van der Waals surface area contributed by atoms with Crippen molar-refractivity contribution in [2.24, 2.45) is 0 Å². The Bertz CT molecular complexity index is 736. The van der Waals surface area contributed by atoms with E-state index in [1.165, 1.54) is 0 Å². The molecule has 6 heteroatoms. The first kappa shape index (κ1) is 17.7. The molecule has 0 spiro atoms. The number of methoxy groups -OCH3 is 1. The topological polar surface area (TPSA) is 49.0 Å². The van der Waals surface area contributed by atoms with E-state index in [-0.39, 0.29) is 0 Å². The number of ether oxygens (including phenoxy) is 4. The van der Waals surface area contributed by atoms with Gasteiger partial charge in [0.1, 0.15) is 13.2 Å². The van der Waals surface area contributed by atoms with E-state index >= 15 is 0 Å². The number of anilines is 1. The summed E-state index contributed by atoms with van der Waals surface area (Å²) in [5.74, 6) is 3.05. The lowest BCUT2D eigenvalue weighted by Gasteiger charge is -2.20. The predicted octanol–water partition coefficient (Wildman–Crippen LogP) is 4.63. The molecule has 0 unspecified atom stereocenters. The first-order valence-corrected chi connectivity index (χ1v) is 9.13. The van der Waals surface area contributed by atoms with Crippen LogP contribution in [0, 0.1) is 0 Å². The maximum Gasteiger partial charge on any atom is 0.166 e. The quantitative estimate of drug-likeness (QED) is 0.724. The third-order valence-corrected chi connectivity index (χ3v) is 4.25. The third kappa shape index (κ3) is 4.31. The molecular weight excluding hydrogens is 386 g/mol. The zero-order valence-electron chi connectivity index (χ0n) is 14.4. The second-order valence-corrected chi connectivity index (χ2v) is 6.57. The van der Waals surface area contributed by atoms with Crippen molar-refractivity contribution < 1.29 is 18.9 Å². The Morgan fingerprint density at radius 3 is 2.68 bits per heavy atom. The van der Waals surface area contributed by atoms with Gasteiger partial charge in [0.25, 0.3) is 0 Å². The maximum atomic E-state index is 5.91. The van der Waals surface area contributed by atoms with Gasteiger partial charge in [0.15, 0.2) is 23.0 Å². The van der Waals surface area contributed by atoms with Crippen LogP contribution in [0.1, 0.15) is 18.9 Å². The van der Waals surface area contributed by atoms with Crippen molar-refractivity contribution in [3.63, 3.8) is 0 Å². The molecule has 3 rings (SSSR count). The fourth-order valence-electron chi connectivity index (χ4n) is 2.62. The van der Waals surface area contributed by atoms with Crippen LogP contribution in [0.3, 0.4) is 0 Å². The highest BCUT2D eigenvalue weighted by Gasteiger charge is 2.14. The molecule has 1 N–H and O–H groups in total. The first-order chi connectivity index (χ1) is 12.2. The molecule has 0 saturated carbocycles. The molecule has 0 atom stereocenters. The Balaban J connectivity index is 1.79. The van der Waals surface area contributed by atoms with Gasteiger partial charge in [-0.1, -0.05) is 22.9 Å². The average Bonchev–Trinajstić information content (AvgIpc) is 2.64. The number of halogens is 1.